The zero-order valence-corrected chi connectivity index (χ0v) is 20.2. The van der Waals surface area contributed by atoms with E-state index < -0.39 is 0 Å². The van der Waals surface area contributed by atoms with E-state index in [4.69, 9.17) is 0 Å². The van der Waals surface area contributed by atoms with Crippen molar-refractivity contribution in [2.45, 2.75) is 32.0 Å². The molecule has 2 aromatic carbocycles. The normalized spacial score (nSPS) is 11.8. The van der Waals surface area contributed by atoms with Gasteiger partial charge in [-0.25, -0.2) is 0 Å². The Morgan fingerprint density at radius 3 is 2.52 bits per heavy atom. The highest BCUT2D eigenvalue weighted by Crippen LogP contribution is 2.22. The Morgan fingerprint density at radius 2 is 1.84 bits per heavy atom. The largest absolute Gasteiger partial charge is 0.342 e. The van der Waals surface area contributed by atoms with Gasteiger partial charge in [0.05, 0.1) is 11.8 Å². The second-order valence-corrected chi connectivity index (χ2v) is 9.06. The van der Waals surface area contributed by atoms with Gasteiger partial charge in [0, 0.05) is 22.8 Å². The van der Waals surface area contributed by atoms with Crippen molar-refractivity contribution < 1.29 is 9.59 Å². The highest BCUT2D eigenvalue weighted by Gasteiger charge is 2.19. The molecule has 31 heavy (non-hydrogen) atoms. The van der Waals surface area contributed by atoms with Crippen molar-refractivity contribution in [3.8, 4) is 0 Å². The topological polar surface area (TPSA) is 88.9 Å². The van der Waals surface area contributed by atoms with Crippen LogP contribution in [-0.2, 0) is 11.8 Å². The smallest absolute Gasteiger partial charge is 0.251 e. The first-order valence-corrected chi connectivity index (χ1v) is 11.5. The third kappa shape index (κ3) is 5.95. The molecular weight excluding hydrogens is 478 g/mol. The average Bonchev–Trinajstić information content (AvgIpc) is 3.10. The molecule has 2 amide bonds. The number of halogens is 1. The fourth-order valence-electron chi connectivity index (χ4n) is 2.93. The molecule has 3 aromatic rings. The molecule has 0 radical (unpaired) electrons. The molecule has 1 heterocycles. The number of benzene rings is 2. The summed E-state index contributed by atoms with van der Waals surface area (Å²) in [6, 6.07) is 12.7. The summed E-state index contributed by atoms with van der Waals surface area (Å²) in [6.45, 7) is 5.80. The second kappa shape index (κ2) is 10.1. The van der Waals surface area contributed by atoms with Crippen LogP contribution in [0.3, 0.4) is 0 Å². The Balaban J connectivity index is 1.57. The van der Waals surface area contributed by atoms with E-state index >= 15 is 0 Å². The van der Waals surface area contributed by atoms with E-state index in [1.807, 2.05) is 58.2 Å². The molecule has 0 aliphatic carbocycles. The van der Waals surface area contributed by atoms with Gasteiger partial charge in [0.1, 0.15) is 0 Å². The van der Waals surface area contributed by atoms with E-state index in [-0.39, 0.29) is 23.6 Å². The van der Waals surface area contributed by atoms with Gasteiger partial charge in [-0.15, -0.1) is 10.2 Å². The Morgan fingerprint density at radius 1 is 1.13 bits per heavy atom. The minimum Gasteiger partial charge on any atom is -0.342 e. The number of carbonyl (C=O) groups excluding carboxylic acids is 2. The quantitative estimate of drug-likeness (QED) is 0.467. The van der Waals surface area contributed by atoms with Crippen LogP contribution in [0.4, 0.5) is 5.69 Å². The first-order valence-electron chi connectivity index (χ1n) is 9.70. The third-order valence-electron chi connectivity index (χ3n) is 4.69. The monoisotopic (exact) mass is 501 g/mol. The fourth-order valence-corrected chi connectivity index (χ4v) is 3.89. The molecule has 7 nitrogen and oxygen atoms in total. The number of anilines is 1. The molecular formula is C22H24BrN5O2S. The van der Waals surface area contributed by atoms with Crippen molar-refractivity contribution in [3.63, 3.8) is 0 Å². The number of aryl methyl sites for hydroxylation is 2. The Labute approximate surface area is 194 Å². The number of nitrogens with one attached hydrogen (secondary N) is 2. The molecule has 0 unspecified atom stereocenters. The van der Waals surface area contributed by atoms with Gasteiger partial charge >= 0.3 is 0 Å². The van der Waals surface area contributed by atoms with Crippen LogP contribution in [0.2, 0.25) is 0 Å². The summed E-state index contributed by atoms with van der Waals surface area (Å²) in [5, 5.41) is 14.8. The van der Waals surface area contributed by atoms with Gasteiger partial charge in [-0.2, -0.15) is 0 Å². The van der Waals surface area contributed by atoms with Gasteiger partial charge < -0.3 is 15.2 Å². The van der Waals surface area contributed by atoms with Crippen molar-refractivity contribution >= 4 is 45.2 Å². The zero-order valence-electron chi connectivity index (χ0n) is 17.8. The highest BCUT2D eigenvalue weighted by molar-refractivity contribution is 9.10. The maximum absolute atomic E-state index is 12.5. The van der Waals surface area contributed by atoms with Crippen molar-refractivity contribution in [3.05, 3.63) is 69.5 Å². The lowest BCUT2D eigenvalue weighted by Crippen LogP contribution is -2.28. The SMILES string of the molecule is Cc1ccc(C(=O)N[C@@H](C)c2nnc(SCC(=O)Nc3ccc(Br)c(C)c3)n2C)cc1. The summed E-state index contributed by atoms with van der Waals surface area (Å²) in [5.41, 5.74) is 3.48. The van der Waals surface area contributed by atoms with Crippen molar-refractivity contribution in [1.29, 1.82) is 0 Å². The molecule has 2 N–H and O–H groups in total. The van der Waals surface area contributed by atoms with Gasteiger partial charge in [-0.3, -0.25) is 9.59 Å². The lowest BCUT2D eigenvalue weighted by Gasteiger charge is -2.14. The van der Waals surface area contributed by atoms with E-state index in [9.17, 15) is 9.59 Å². The van der Waals surface area contributed by atoms with E-state index in [0.717, 1.165) is 21.3 Å². The molecule has 0 saturated heterocycles. The average molecular weight is 502 g/mol. The summed E-state index contributed by atoms with van der Waals surface area (Å²) >= 11 is 4.74. The van der Waals surface area contributed by atoms with Crippen LogP contribution in [0.1, 0.15) is 40.3 Å². The molecule has 3 rings (SSSR count). The summed E-state index contributed by atoms with van der Waals surface area (Å²) in [6.07, 6.45) is 0. The van der Waals surface area contributed by atoms with Crippen molar-refractivity contribution in [2.24, 2.45) is 7.05 Å². The Bertz CT molecular complexity index is 1100. The van der Waals surface area contributed by atoms with Crippen molar-refractivity contribution in [1.82, 2.24) is 20.1 Å². The van der Waals surface area contributed by atoms with Crippen LogP contribution in [0.25, 0.3) is 0 Å². The van der Waals surface area contributed by atoms with Crippen LogP contribution in [-0.4, -0.2) is 32.3 Å². The first kappa shape index (κ1) is 23.0. The first-order chi connectivity index (χ1) is 14.7. The van der Waals surface area contributed by atoms with Crippen molar-refractivity contribution in [2.75, 3.05) is 11.1 Å². The van der Waals surface area contributed by atoms with E-state index in [2.05, 4.69) is 36.8 Å². The lowest BCUT2D eigenvalue weighted by atomic mass is 10.1. The second-order valence-electron chi connectivity index (χ2n) is 7.26. The van der Waals surface area contributed by atoms with Crippen LogP contribution in [0, 0.1) is 13.8 Å². The highest BCUT2D eigenvalue weighted by atomic mass is 79.9. The van der Waals surface area contributed by atoms with Crippen LogP contribution >= 0.6 is 27.7 Å². The zero-order chi connectivity index (χ0) is 22.5. The lowest BCUT2D eigenvalue weighted by molar-refractivity contribution is -0.113. The fraction of sp³-hybridized carbons (Fsp3) is 0.273. The molecule has 0 saturated carbocycles. The van der Waals surface area contributed by atoms with E-state index in [0.29, 0.717) is 16.5 Å². The number of thioether (sulfide) groups is 1. The van der Waals surface area contributed by atoms with Gasteiger partial charge in [0.15, 0.2) is 11.0 Å². The molecule has 0 spiro atoms. The number of hydrogen-bond acceptors (Lipinski definition) is 5. The molecule has 9 heteroatoms. The number of nitrogens with zero attached hydrogens (tertiary/aromatic N) is 3. The minimum atomic E-state index is -0.333. The summed E-state index contributed by atoms with van der Waals surface area (Å²) in [7, 11) is 1.82. The predicted molar refractivity (Wildman–Crippen MR) is 126 cm³/mol. The van der Waals surface area contributed by atoms with E-state index in [1.54, 1.807) is 16.7 Å². The Hall–Kier alpha value is -2.65. The summed E-state index contributed by atoms with van der Waals surface area (Å²) < 4.78 is 2.79. The third-order valence-corrected chi connectivity index (χ3v) is 6.60. The van der Waals surface area contributed by atoms with Gasteiger partial charge in [0.2, 0.25) is 5.91 Å². The molecule has 162 valence electrons. The molecule has 0 bridgehead atoms. The molecule has 0 aliphatic rings. The Kier molecular flexibility index (Phi) is 7.50. The number of carbonyl (C=O) groups is 2. The summed E-state index contributed by atoms with van der Waals surface area (Å²) in [5.74, 6) is 0.517. The number of amides is 2. The predicted octanol–water partition coefficient (Wildman–Crippen LogP) is 4.42. The maximum Gasteiger partial charge on any atom is 0.251 e. The molecule has 1 aromatic heterocycles. The van der Waals surface area contributed by atoms with Crippen LogP contribution in [0.15, 0.2) is 52.1 Å². The van der Waals surface area contributed by atoms with Gasteiger partial charge in [0.25, 0.3) is 5.91 Å². The molecule has 0 fully saturated rings. The number of aromatic nitrogens is 3. The van der Waals surface area contributed by atoms with Gasteiger partial charge in [-0.05, 0) is 56.7 Å². The number of rotatable bonds is 7. The summed E-state index contributed by atoms with van der Waals surface area (Å²) in [4.78, 5) is 24.8. The maximum atomic E-state index is 12.5. The molecule has 0 aliphatic heterocycles. The standard InChI is InChI=1S/C22H24BrN5O2S/c1-13-5-7-16(8-6-13)21(30)24-15(3)20-26-27-22(28(20)4)31-12-19(29)25-17-9-10-18(23)14(2)11-17/h5-11,15H,12H2,1-4H3,(H,24,30)(H,25,29)/t15-/m0/s1. The minimum absolute atomic E-state index is 0.128. The van der Waals surface area contributed by atoms with Crippen LogP contribution in [0.5, 0.6) is 0 Å². The van der Waals surface area contributed by atoms with E-state index in [1.165, 1.54) is 11.8 Å². The number of hydrogen-bond donors (Lipinski definition) is 2. The van der Waals surface area contributed by atoms with Crippen LogP contribution < -0.4 is 10.6 Å². The van der Waals surface area contributed by atoms with Gasteiger partial charge in [-0.1, -0.05) is 45.4 Å². The molecule has 1 atom stereocenters.